The number of nitrogens with one attached hydrogen (secondary N) is 3. The van der Waals surface area contributed by atoms with E-state index in [1.54, 1.807) is 12.4 Å². The molecule has 1 aromatic rings. The van der Waals surface area contributed by atoms with E-state index in [1.807, 2.05) is 5.32 Å². The first-order valence-corrected chi connectivity index (χ1v) is 4.61. The predicted molar refractivity (Wildman–Crippen MR) is 53.7 cm³/mol. The number of hydrogen-bond acceptors (Lipinski definition) is 7. The Kier molecular flexibility index (Phi) is 5.45. The number of rotatable bonds is 0. The van der Waals surface area contributed by atoms with Gasteiger partial charge < -0.3 is 10.2 Å². The minimum absolute atomic E-state index is 0.0139. The first-order valence-electron chi connectivity index (χ1n) is 4.61. The SMILES string of the molecule is O=C1CNC(=O)N1.O=C1CON=N1.c1cn[nH]n1. The summed E-state index contributed by atoms with van der Waals surface area (Å²) in [6.45, 7) is 0.138. The molecule has 18 heavy (non-hydrogen) atoms. The van der Waals surface area contributed by atoms with Gasteiger partial charge in [-0.1, -0.05) is 5.11 Å². The lowest BCUT2D eigenvalue weighted by Gasteiger charge is -1.78. The third-order valence-corrected chi connectivity index (χ3v) is 1.39. The van der Waals surface area contributed by atoms with Crippen molar-refractivity contribution in [3.8, 4) is 0 Å². The van der Waals surface area contributed by atoms with Gasteiger partial charge in [-0.25, -0.2) is 4.79 Å². The second-order valence-electron chi connectivity index (χ2n) is 2.74. The topological polar surface area (TPSA) is 151 Å². The number of carbonyl (C=O) groups excluding carboxylic acids is 3. The summed E-state index contributed by atoms with van der Waals surface area (Å²) in [7, 11) is 0. The van der Waals surface area contributed by atoms with Gasteiger partial charge in [0, 0.05) is 5.28 Å². The largest absolute Gasteiger partial charge is 0.369 e. The molecule has 0 saturated carbocycles. The molecule has 0 bridgehead atoms. The minimum Gasteiger partial charge on any atom is -0.369 e. The van der Waals surface area contributed by atoms with Crippen LogP contribution in [0.2, 0.25) is 0 Å². The fourth-order valence-corrected chi connectivity index (χ4v) is 0.730. The van der Waals surface area contributed by atoms with Crippen LogP contribution in [-0.4, -0.2) is 46.4 Å². The summed E-state index contributed by atoms with van der Waals surface area (Å²) < 4.78 is 0. The van der Waals surface area contributed by atoms with Gasteiger partial charge in [0.2, 0.25) is 12.5 Å². The van der Waals surface area contributed by atoms with Crippen LogP contribution in [-0.2, 0) is 14.4 Å². The van der Waals surface area contributed by atoms with E-state index in [4.69, 9.17) is 0 Å². The first-order chi connectivity index (χ1) is 8.68. The minimum atomic E-state index is -0.398. The molecule has 1 aromatic heterocycles. The van der Waals surface area contributed by atoms with Crippen molar-refractivity contribution in [1.29, 1.82) is 0 Å². The molecule has 0 atom stereocenters. The Bertz CT molecular complexity index is 398. The molecule has 2 aliphatic rings. The van der Waals surface area contributed by atoms with Crippen molar-refractivity contribution in [3.05, 3.63) is 12.4 Å². The van der Waals surface area contributed by atoms with E-state index in [-0.39, 0.29) is 25.0 Å². The van der Waals surface area contributed by atoms with Gasteiger partial charge >= 0.3 is 11.9 Å². The van der Waals surface area contributed by atoms with Crippen molar-refractivity contribution in [2.24, 2.45) is 10.4 Å². The van der Waals surface area contributed by atoms with Crippen LogP contribution in [0.15, 0.2) is 22.8 Å². The number of amides is 4. The van der Waals surface area contributed by atoms with E-state index in [9.17, 15) is 14.4 Å². The highest BCUT2D eigenvalue weighted by atomic mass is 16.7. The number of carbonyl (C=O) groups is 3. The molecule has 1 saturated heterocycles. The Morgan fingerprint density at radius 2 is 1.89 bits per heavy atom. The van der Waals surface area contributed by atoms with Crippen LogP contribution in [0.4, 0.5) is 4.79 Å². The lowest BCUT2D eigenvalue weighted by Crippen LogP contribution is -2.22. The molecule has 11 heteroatoms. The zero-order chi connectivity index (χ0) is 13.2. The van der Waals surface area contributed by atoms with Crippen LogP contribution < -0.4 is 10.6 Å². The Balaban J connectivity index is 0.000000137. The van der Waals surface area contributed by atoms with Gasteiger partial charge in [-0.2, -0.15) is 15.4 Å². The number of imide groups is 1. The van der Waals surface area contributed by atoms with Crippen molar-refractivity contribution in [2.75, 3.05) is 13.2 Å². The van der Waals surface area contributed by atoms with Crippen LogP contribution >= 0.6 is 0 Å². The van der Waals surface area contributed by atoms with Crippen molar-refractivity contribution in [3.63, 3.8) is 0 Å². The summed E-state index contributed by atoms with van der Waals surface area (Å²) in [5, 5.41) is 19.6. The zero-order valence-corrected chi connectivity index (χ0v) is 8.99. The Morgan fingerprint density at radius 1 is 1.17 bits per heavy atom. The van der Waals surface area contributed by atoms with Crippen LogP contribution in [0, 0.1) is 0 Å². The monoisotopic (exact) mass is 255 g/mol. The van der Waals surface area contributed by atoms with Crippen LogP contribution in [0.1, 0.15) is 0 Å². The third-order valence-electron chi connectivity index (χ3n) is 1.39. The van der Waals surface area contributed by atoms with Gasteiger partial charge in [0.05, 0.1) is 18.9 Å². The Morgan fingerprint density at radius 3 is 2.06 bits per heavy atom. The molecule has 3 rings (SSSR count). The fraction of sp³-hybridized carbons (Fsp3) is 0.286. The molecule has 96 valence electrons. The molecule has 0 radical (unpaired) electrons. The maximum atomic E-state index is 10.1. The molecule has 3 heterocycles. The van der Waals surface area contributed by atoms with Gasteiger partial charge in [0.25, 0.3) is 0 Å². The van der Waals surface area contributed by atoms with Crippen LogP contribution in [0.5, 0.6) is 0 Å². The maximum absolute atomic E-state index is 10.1. The molecule has 0 aliphatic carbocycles. The number of aromatic nitrogens is 3. The Hall–Kier alpha value is -2.85. The average molecular weight is 255 g/mol. The van der Waals surface area contributed by atoms with Crippen LogP contribution in [0.3, 0.4) is 0 Å². The van der Waals surface area contributed by atoms with Crippen LogP contribution in [0.25, 0.3) is 0 Å². The molecule has 3 N–H and O–H groups in total. The lowest BCUT2D eigenvalue weighted by molar-refractivity contribution is -0.119. The summed E-state index contributed by atoms with van der Waals surface area (Å²) in [5.74, 6) is -0.569. The quantitative estimate of drug-likeness (QED) is 0.482. The number of H-pyrrole nitrogens is 1. The molecule has 0 unspecified atom stereocenters. The number of hydrogen-bond donors (Lipinski definition) is 3. The van der Waals surface area contributed by atoms with Crippen molar-refractivity contribution < 1.29 is 19.2 Å². The molecule has 4 amide bonds. The smallest absolute Gasteiger partial charge is 0.321 e. The molecule has 2 aliphatic heterocycles. The van der Waals surface area contributed by atoms with Gasteiger partial charge in [-0.05, 0) is 0 Å². The van der Waals surface area contributed by atoms with Crippen molar-refractivity contribution in [1.82, 2.24) is 26.0 Å². The predicted octanol–water partition coefficient (Wildman–Crippen LogP) is -1.46. The second-order valence-corrected chi connectivity index (χ2v) is 2.74. The van der Waals surface area contributed by atoms with E-state index >= 15 is 0 Å². The summed E-state index contributed by atoms with van der Waals surface area (Å²) in [6.07, 6.45) is 3.17. The standard InChI is InChI=1S/C3H4N2O2.C2H3N3.C2H2N2O2/c6-2-1-4-3(7)5-2;1-2-4-5-3-1;5-2-1-6-4-3-2/h1H2,(H2,4,5,6,7);1-2H,(H,3,4,5);1H2. The summed E-state index contributed by atoms with van der Waals surface area (Å²) >= 11 is 0. The number of urea groups is 1. The van der Waals surface area contributed by atoms with E-state index in [1.165, 1.54) is 0 Å². The van der Waals surface area contributed by atoms with E-state index in [0.717, 1.165) is 0 Å². The normalized spacial score (nSPS) is 15.7. The summed E-state index contributed by atoms with van der Waals surface area (Å²) in [5.41, 5.74) is 0. The number of nitrogens with zero attached hydrogens (tertiary/aromatic N) is 4. The zero-order valence-electron chi connectivity index (χ0n) is 8.99. The lowest BCUT2D eigenvalue weighted by atomic mass is 10.7. The highest BCUT2D eigenvalue weighted by Gasteiger charge is 2.14. The highest BCUT2D eigenvalue weighted by Crippen LogP contribution is 1.90. The molecule has 1 fully saturated rings. The molecular formula is C7H9N7O4. The first kappa shape index (κ1) is 13.2. The van der Waals surface area contributed by atoms with E-state index < -0.39 is 6.03 Å². The third kappa shape index (κ3) is 5.89. The molecular weight excluding hydrogens is 246 g/mol. The molecule has 11 nitrogen and oxygen atoms in total. The maximum Gasteiger partial charge on any atom is 0.321 e. The highest BCUT2D eigenvalue weighted by molar-refractivity contribution is 6.01. The average Bonchev–Trinajstić information content (AvgIpc) is 3.04. The Labute approximate surface area is 99.9 Å². The second kappa shape index (κ2) is 7.43. The fourth-order valence-electron chi connectivity index (χ4n) is 0.730. The van der Waals surface area contributed by atoms with Gasteiger partial charge in [0.1, 0.15) is 0 Å². The van der Waals surface area contributed by atoms with Gasteiger partial charge in [-0.15, -0.1) is 0 Å². The molecule has 0 spiro atoms. The van der Waals surface area contributed by atoms with Crippen molar-refractivity contribution >= 4 is 17.8 Å². The van der Waals surface area contributed by atoms with Gasteiger partial charge in [0.15, 0.2) is 0 Å². The van der Waals surface area contributed by atoms with Crippen molar-refractivity contribution in [2.45, 2.75) is 0 Å². The number of aromatic amines is 1. The van der Waals surface area contributed by atoms with E-state index in [0.29, 0.717) is 0 Å². The molecule has 0 aromatic carbocycles. The summed E-state index contributed by atoms with van der Waals surface area (Å²) in [6, 6.07) is -0.398. The van der Waals surface area contributed by atoms with E-state index in [2.05, 4.69) is 36.0 Å². The van der Waals surface area contributed by atoms with Gasteiger partial charge in [-0.3, -0.25) is 14.9 Å². The summed E-state index contributed by atoms with van der Waals surface area (Å²) in [4.78, 5) is 34.1.